The number of ether oxygens (including phenoxy) is 1. The van der Waals surface area contributed by atoms with Crippen molar-refractivity contribution in [1.29, 1.82) is 0 Å². The first-order valence-corrected chi connectivity index (χ1v) is 6.44. The molecule has 0 fully saturated rings. The monoisotopic (exact) mass is 338 g/mol. The second-order valence-corrected chi connectivity index (χ2v) is 4.73. The minimum absolute atomic E-state index is 0.0796. The lowest BCUT2D eigenvalue weighted by Gasteiger charge is -2.09. The van der Waals surface area contributed by atoms with Gasteiger partial charge in [-0.15, -0.1) is 0 Å². The van der Waals surface area contributed by atoms with Gasteiger partial charge in [-0.1, -0.05) is 12.1 Å². The first-order chi connectivity index (χ1) is 9.52. The predicted octanol–water partition coefficient (Wildman–Crippen LogP) is 3.29. The van der Waals surface area contributed by atoms with Crippen molar-refractivity contribution in [1.82, 2.24) is 9.97 Å². The maximum absolute atomic E-state index is 11.1. The molecule has 0 aliphatic carbocycles. The van der Waals surface area contributed by atoms with Crippen molar-refractivity contribution >= 4 is 27.6 Å². The van der Waals surface area contributed by atoms with Crippen molar-refractivity contribution < 1.29 is 9.66 Å². The molecule has 1 N–H and O–H groups in total. The van der Waals surface area contributed by atoms with Crippen LogP contribution in [0.4, 0.5) is 11.6 Å². The summed E-state index contributed by atoms with van der Waals surface area (Å²) in [5, 5.41) is 13.9. The molecule has 2 aromatic rings. The van der Waals surface area contributed by atoms with Crippen molar-refractivity contribution in [3.63, 3.8) is 0 Å². The van der Waals surface area contributed by atoms with Gasteiger partial charge in [0.2, 0.25) is 17.6 Å². The number of aryl methyl sites for hydroxylation is 1. The molecule has 0 aliphatic rings. The van der Waals surface area contributed by atoms with Crippen LogP contribution in [0.15, 0.2) is 28.9 Å². The van der Waals surface area contributed by atoms with E-state index in [2.05, 4.69) is 31.2 Å². The maximum atomic E-state index is 11.1. The van der Waals surface area contributed by atoms with E-state index in [0.717, 1.165) is 0 Å². The summed E-state index contributed by atoms with van der Waals surface area (Å²) in [6.07, 6.45) is 1.51. The molecule has 0 spiro atoms. The Balaban J connectivity index is 2.45. The molecule has 2 rings (SSSR count). The Kier molecular flexibility index (Phi) is 4.14. The fourth-order valence-electron chi connectivity index (χ4n) is 1.60. The molecule has 104 valence electrons. The average Bonchev–Trinajstić information content (AvgIpc) is 2.41. The van der Waals surface area contributed by atoms with E-state index in [4.69, 9.17) is 4.74 Å². The number of aromatic nitrogens is 2. The van der Waals surface area contributed by atoms with Crippen LogP contribution in [0.25, 0.3) is 0 Å². The molecule has 0 atom stereocenters. The van der Waals surface area contributed by atoms with Crippen LogP contribution in [0.3, 0.4) is 0 Å². The van der Waals surface area contributed by atoms with E-state index < -0.39 is 4.92 Å². The zero-order valence-corrected chi connectivity index (χ0v) is 12.3. The summed E-state index contributed by atoms with van der Waals surface area (Å²) in [6.45, 7) is 1.65. The molecule has 0 bridgehead atoms. The van der Waals surface area contributed by atoms with Crippen LogP contribution in [0.2, 0.25) is 0 Å². The van der Waals surface area contributed by atoms with E-state index in [1.54, 1.807) is 26.1 Å². The lowest BCUT2D eigenvalue weighted by molar-refractivity contribution is -0.386. The molecule has 0 amide bonds. The molecule has 0 saturated carbocycles. The van der Waals surface area contributed by atoms with Crippen molar-refractivity contribution in [3.8, 4) is 11.6 Å². The van der Waals surface area contributed by atoms with Crippen molar-refractivity contribution in [2.75, 3.05) is 12.4 Å². The number of nitrogens with one attached hydrogen (secondary N) is 1. The molecule has 0 radical (unpaired) electrons. The molecule has 20 heavy (non-hydrogen) atoms. The Morgan fingerprint density at radius 3 is 2.85 bits per heavy atom. The van der Waals surface area contributed by atoms with Crippen LogP contribution in [0.5, 0.6) is 11.6 Å². The molecule has 0 aliphatic heterocycles. The van der Waals surface area contributed by atoms with Gasteiger partial charge in [-0.25, -0.2) is 4.98 Å². The molecule has 1 aromatic carbocycles. The van der Waals surface area contributed by atoms with Crippen LogP contribution < -0.4 is 10.1 Å². The smallest absolute Gasteiger partial charge is 0.314 e. The molecular formula is C12H11BrN4O3. The quantitative estimate of drug-likeness (QED) is 0.679. The van der Waals surface area contributed by atoms with E-state index in [9.17, 15) is 10.1 Å². The highest BCUT2D eigenvalue weighted by molar-refractivity contribution is 9.10. The molecule has 8 heteroatoms. The highest BCUT2D eigenvalue weighted by Gasteiger charge is 2.20. The summed E-state index contributed by atoms with van der Waals surface area (Å²) >= 11 is 3.25. The number of anilines is 1. The predicted molar refractivity (Wildman–Crippen MR) is 77.2 cm³/mol. The van der Waals surface area contributed by atoms with Gasteiger partial charge in [-0.05, 0) is 28.9 Å². The zero-order chi connectivity index (χ0) is 14.7. The SMILES string of the molecule is CNc1ncc(Br)c(Oc2cccc(C)c2[N+](=O)[O-])n1. The van der Waals surface area contributed by atoms with E-state index in [0.29, 0.717) is 16.0 Å². The van der Waals surface area contributed by atoms with Gasteiger partial charge in [0.25, 0.3) is 0 Å². The number of para-hydroxylation sites is 1. The second kappa shape index (κ2) is 5.83. The molecular weight excluding hydrogens is 328 g/mol. The van der Waals surface area contributed by atoms with Crippen molar-refractivity contribution in [2.45, 2.75) is 6.92 Å². The number of nitro benzene ring substituents is 1. The van der Waals surface area contributed by atoms with Gasteiger partial charge in [0.1, 0.15) is 0 Å². The molecule has 7 nitrogen and oxygen atoms in total. The molecule has 0 saturated heterocycles. The lowest BCUT2D eigenvalue weighted by atomic mass is 10.2. The largest absolute Gasteiger partial charge is 0.430 e. The van der Waals surface area contributed by atoms with Gasteiger partial charge in [-0.3, -0.25) is 10.1 Å². The fraction of sp³-hybridized carbons (Fsp3) is 0.167. The summed E-state index contributed by atoms with van der Waals surface area (Å²) in [5.74, 6) is 0.702. The number of nitrogens with zero attached hydrogens (tertiary/aromatic N) is 3. The van der Waals surface area contributed by atoms with Crippen molar-refractivity contribution in [2.24, 2.45) is 0 Å². The number of rotatable bonds is 4. The third-order valence-electron chi connectivity index (χ3n) is 2.53. The summed E-state index contributed by atoms with van der Waals surface area (Å²) in [7, 11) is 1.67. The van der Waals surface area contributed by atoms with Crippen LogP contribution in [0.1, 0.15) is 5.56 Å². The third kappa shape index (κ3) is 2.85. The van der Waals surface area contributed by atoms with Crippen LogP contribution in [-0.2, 0) is 0 Å². The summed E-state index contributed by atoms with van der Waals surface area (Å²) in [4.78, 5) is 18.7. The second-order valence-electron chi connectivity index (χ2n) is 3.88. The molecule has 1 heterocycles. The van der Waals surface area contributed by atoms with E-state index in [1.807, 2.05) is 0 Å². The number of nitro groups is 1. The number of halogens is 1. The van der Waals surface area contributed by atoms with E-state index in [1.165, 1.54) is 12.3 Å². The Morgan fingerprint density at radius 2 is 2.20 bits per heavy atom. The highest BCUT2D eigenvalue weighted by Crippen LogP contribution is 2.35. The summed E-state index contributed by atoms with van der Waals surface area (Å²) in [5.41, 5.74) is 0.440. The van der Waals surface area contributed by atoms with Gasteiger partial charge in [-0.2, -0.15) is 4.98 Å². The van der Waals surface area contributed by atoms with Gasteiger partial charge >= 0.3 is 5.69 Å². The van der Waals surface area contributed by atoms with Gasteiger partial charge in [0.15, 0.2) is 0 Å². The van der Waals surface area contributed by atoms with Crippen LogP contribution in [0, 0.1) is 17.0 Å². The summed E-state index contributed by atoms with van der Waals surface area (Å²) < 4.78 is 6.05. The van der Waals surface area contributed by atoms with Crippen LogP contribution >= 0.6 is 15.9 Å². The minimum Gasteiger partial charge on any atom is -0.430 e. The van der Waals surface area contributed by atoms with Gasteiger partial charge < -0.3 is 10.1 Å². The minimum atomic E-state index is -0.473. The first-order valence-electron chi connectivity index (χ1n) is 5.65. The highest BCUT2D eigenvalue weighted by atomic mass is 79.9. The first kappa shape index (κ1) is 14.2. The molecule has 0 unspecified atom stereocenters. The Hall–Kier alpha value is -2.22. The Labute approximate surface area is 123 Å². The van der Waals surface area contributed by atoms with E-state index >= 15 is 0 Å². The maximum Gasteiger partial charge on any atom is 0.314 e. The fourth-order valence-corrected chi connectivity index (χ4v) is 1.87. The van der Waals surface area contributed by atoms with Gasteiger partial charge in [0, 0.05) is 12.6 Å². The Bertz CT molecular complexity index is 663. The normalized spacial score (nSPS) is 10.2. The van der Waals surface area contributed by atoms with E-state index in [-0.39, 0.29) is 17.3 Å². The van der Waals surface area contributed by atoms with Gasteiger partial charge in [0.05, 0.1) is 15.6 Å². The zero-order valence-electron chi connectivity index (χ0n) is 10.8. The lowest BCUT2D eigenvalue weighted by Crippen LogP contribution is -2.00. The summed E-state index contributed by atoms with van der Waals surface area (Å²) in [6, 6.07) is 4.86. The number of hydrogen-bond acceptors (Lipinski definition) is 6. The van der Waals surface area contributed by atoms with Crippen LogP contribution in [-0.4, -0.2) is 21.9 Å². The Morgan fingerprint density at radius 1 is 1.45 bits per heavy atom. The average molecular weight is 339 g/mol. The number of hydrogen-bond donors (Lipinski definition) is 1. The topological polar surface area (TPSA) is 90.2 Å². The third-order valence-corrected chi connectivity index (χ3v) is 3.07. The standard InChI is InChI=1S/C12H11BrN4O3/c1-7-4-3-5-9(10(7)17(18)19)20-11-8(13)6-15-12(14-2)16-11/h3-6H,1-2H3,(H,14,15,16). The molecule has 1 aromatic heterocycles. The number of benzene rings is 1. The van der Waals surface area contributed by atoms with Crippen molar-refractivity contribution in [3.05, 3.63) is 44.5 Å².